The number of benzene rings is 1. The first-order valence-electron chi connectivity index (χ1n) is 7.64. The van der Waals surface area contributed by atoms with E-state index in [2.05, 4.69) is 18.7 Å². The van der Waals surface area contributed by atoms with Crippen LogP contribution in [-0.2, 0) is 0 Å². The van der Waals surface area contributed by atoms with Crippen LogP contribution in [0.15, 0.2) is 34.7 Å². The molecule has 1 unspecified atom stereocenters. The number of carbonyl (C=O) groups is 2. The third-order valence-electron chi connectivity index (χ3n) is 4.39. The van der Waals surface area contributed by atoms with Crippen molar-refractivity contribution in [3.05, 3.63) is 58.5 Å². The van der Waals surface area contributed by atoms with E-state index in [0.29, 0.717) is 22.5 Å². The van der Waals surface area contributed by atoms with Gasteiger partial charge in [-0.3, -0.25) is 14.5 Å². The van der Waals surface area contributed by atoms with Crippen molar-refractivity contribution in [2.45, 2.75) is 26.8 Å². The lowest BCUT2D eigenvalue weighted by Gasteiger charge is -2.24. The summed E-state index contributed by atoms with van der Waals surface area (Å²) in [5, 5.41) is 0. The Kier molecular flexibility index (Phi) is 3.71. The maximum absolute atomic E-state index is 12.6. The molecule has 1 aromatic heterocycles. The summed E-state index contributed by atoms with van der Waals surface area (Å²) in [5.74, 6) is 0.510. The van der Waals surface area contributed by atoms with Gasteiger partial charge in [0, 0.05) is 11.1 Å². The summed E-state index contributed by atoms with van der Waals surface area (Å²) >= 11 is 0. The van der Waals surface area contributed by atoms with Crippen LogP contribution < -0.4 is 0 Å². The summed E-state index contributed by atoms with van der Waals surface area (Å²) < 4.78 is 5.78. The highest BCUT2D eigenvalue weighted by molar-refractivity contribution is 6.27. The topological polar surface area (TPSA) is 50.5 Å². The van der Waals surface area contributed by atoms with Gasteiger partial charge in [0.05, 0.1) is 11.6 Å². The summed E-state index contributed by atoms with van der Waals surface area (Å²) in [6.07, 6.45) is 0. The van der Waals surface area contributed by atoms with Crippen molar-refractivity contribution in [3.8, 4) is 0 Å². The highest BCUT2D eigenvalue weighted by Crippen LogP contribution is 2.32. The molecule has 3 rings (SSSR count). The van der Waals surface area contributed by atoms with Crippen LogP contribution in [0.2, 0.25) is 0 Å². The fourth-order valence-corrected chi connectivity index (χ4v) is 3.05. The lowest BCUT2D eigenvalue weighted by molar-refractivity contribution is 0.0956. The molecule has 114 valence electrons. The maximum atomic E-state index is 12.6. The number of hydrogen-bond donors (Lipinski definition) is 0. The minimum Gasteiger partial charge on any atom is -0.455 e. The van der Waals surface area contributed by atoms with Gasteiger partial charge in [-0.1, -0.05) is 38.1 Å². The van der Waals surface area contributed by atoms with E-state index in [4.69, 9.17) is 4.42 Å². The van der Waals surface area contributed by atoms with Crippen LogP contribution in [0.5, 0.6) is 0 Å². The third kappa shape index (κ3) is 2.11. The molecule has 0 saturated heterocycles. The van der Waals surface area contributed by atoms with Crippen molar-refractivity contribution in [3.63, 3.8) is 0 Å². The highest BCUT2D eigenvalue weighted by Gasteiger charge is 2.34. The molecule has 0 fully saturated rings. The van der Waals surface area contributed by atoms with E-state index >= 15 is 0 Å². The summed E-state index contributed by atoms with van der Waals surface area (Å²) in [7, 11) is 0. The molecule has 0 aliphatic heterocycles. The number of carbonyl (C=O) groups excluding carboxylic acids is 2. The average molecular weight is 297 g/mol. The molecule has 0 N–H and O–H groups in total. The summed E-state index contributed by atoms with van der Waals surface area (Å²) in [6.45, 7) is 7.94. The Hall–Kier alpha value is -2.20. The molecule has 0 radical (unpaired) electrons. The second-order valence-electron chi connectivity index (χ2n) is 5.49. The fraction of sp³-hybridized carbons (Fsp3) is 0.333. The van der Waals surface area contributed by atoms with Crippen molar-refractivity contribution < 1.29 is 14.0 Å². The maximum Gasteiger partial charge on any atom is 0.229 e. The lowest BCUT2D eigenvalue weighted by atomic mass is 9.88. The Morgan fingerprint density at radius 1 is 1.00 bits per heavy atom. The predicted molar refractivity (Wildman–Crippen MR) is 83.4 cm³/mol. The second-order valence-corrected chi connectivity index (χ2v) is 5.49. The lowest BCUT2D eigenvalue weighted by Crippen LogP contribution is -2.26. The molecule has 0 amide bonds. The van der Waals surface area contributed by atoms with Gasteiger partial charge in [0.2, 0.25) is 5.78 Å². The van der Waals surface area contributed by atoms with Crippen LogP contribution in [-0.4, -0.2) is 29.6 Å². The van der Waals surface area contributed by atoms with E-state index < -0.39 is 0 Å². The van der Waals surface area contributed by atoms with Crippen molar-refractivity contribution in [1.29, 1.82) is 0 Å². The first-order chi connectivity index (χ1) is 10.6. The SMILES string of the molecule is CCN(CC)C(C)c1cc2c(o1)C(=O)c1ccccc1C2=O. The van der Waals surface area contributed by atoms with Crippen molar-refractivity contribution in [1.82, 2.24) is 4.90 Å². The van der Waals surface area contributed by atoms with E-state index in [9.17, 15) is 9.59 Å². The number of hydrogen-bond acceptors (Lipinski definition) is 4. The zero-order valence-electron chi connectivity index (χ0n) is 13.1. The van der Waals surface area contributed by atoms with Crippen LogP contribution in [0, 0.1) is 0 Å². The molecule has 0 spiro atoms. The van der Waals surface area contributed by atoms with Gasteiger partial charge in [-0.15, -0.1) is 0 Å². The summed E-state index contributed by atoms with van der Waals surface area (Å²) in [5.41, 5.74) is 1.27. The van der Waals surface area contributed by atoms with E-state index in [-0.39, 0.29) is 23.4 Å². The summed E-state index contributed by atoms with van der Waals surface area (Å²) in [4.78, 5) is 27.3. The molecule has 1 aromatic carbocycles. The van der Waals surface area contributed by atoms with Crippen molar-refractivity contribution >= 4 is 11.6 Å². The molecule has 4 nitrogen and oxygen atoms in total. The molecule has 2 aromatic rings. The number of ketones is 2. The minimum atomic E-state index is -0.205. The Labute approximate surface area is 129 Å². The second kappa shape index (κ2) is 5.54. The molecule has 1 atom stereocenters. The van der Waals surface area contributed by atoms with Crippen molar-refractivity contribution in [2.75, 3.05) is 13.1 Å². The van der Waals surface area contributed by atoms with Gasteiger partial charge in [-0.2, -0.15) is 0 Å². The molecule has 1 aliphatic carbocycles. The molecule has 0 saturated carbocycles. The standard InChI is InChI=1S/C18H19NO3/c1-4-19(5-2)11(3)15-10-14-16(20)12-8-6-7-9-13(12)17(21)18(14)22-15/h6-11H,4-5H2,1-3H3. The van der Waals surface area contributed by atoms with Crippen LogP contribution in [0.3, 0.4) is 0 Å². The molecular weight excluding hydrogens is 278 g/mol. The Morgan fingerprint density at radius 3 is 2.18 bits per heavy atom. The highest BCUT2D eigenvalue weighted by atomic mass is 16.4. The number of furan rings is 1. The first-order valence-corrected chi connectivity index (χ1v) is 7.64. The normalized spacial score (nSPS) is 14.9. The zero-order chi connectivity index (χ0) is 15.9. The molecule has 22 heavy (non-hydrogen) atoms. The van der Waals surface area contributed by atoms with E-state index in [1.54, 1.807) is 30.3 Å². The van der Waals surface area contributed by atoms with Crippen molar-refractivity contribution in [2.24, 2.45) is 0 Å². The van der Waals surface area contributed by atoms with E-state index in [1.165, 1.54) is 0 Å². The average Bonchev–Trinajstić information content (AvgIpc) is 2.99. The first kappa shape index (κ1) is 14.7. The quantitative estimate of drug-likeness (QED) is 0.740. The van der Waals surface area contributed by atoms with Crippen LogP contribution >= 0.6 is 0 Å². The minimum absolute atomic E-state index is 0.0318. The largest absolute Gasteiger partial charge is 0.455 e. The van der Waals surface area contributed by atoms with Gasteiger partial charge in [-0.25, -0.2) is 0 Å². The predicted octanol–water partition coefficient (Wildman–Crippen LogP) is 3.46. The number of rotatable bonds is 4. The Morgan fingerprint density at radius 2 is 1.59 bits per heavy atom. The Bertz CT molecular complexity index is 688. The van der Waals surface area contributed by atoms with Gasteiger partial charge >= 0.3 is 0 Å². The number of fused-ring (bicyclic) bond motifs is 2. The van der Waals surface area contributed by atoms with Crippen LogP contribution in [0.1, 0.15) is 64.6 Å². The zero-order valence-corrected chi connectivity index (χ0v) is 13.1. The Balaban J connectivity index is 2.06. The molecule has 0 bridgehead atoms. The smallest absolute Gasteiger partial charge is 0.229 e. The molecular formula is C18H19NO3. The monoisotopic (exact) mass is 297 g/mol. The van der Waals surface area contributed by atoms with Crippen LogP contribution in [0.25, 0.3) is 0 Å². The molecule has 1 heterocycles. The number of nitrogens with zero attached hydrogens (tertiary/aromatic N) is 1. The van der Waals surface area contributed by atoms with Gasteiger partial charge in [-0.05, 0) is 26.1 Å². The summed E-state index contributed by atoms with van der Waals surface area (Å²) in [6, 6.07) is 8.66. The van der Waals surface area contributed by atoms with Gasteiger partial charge in [0.25, 0.3) is 0 Å². The fourth-order valence-electron chi connectivity index (χ4n) is 3.05. The van der Waals surface area contributed by atoms with Gasteiger partial charge in [0.1, 0.15) is 5.76 Å². The third-order valence-corrected chi connectivity index (χ3v) is 4.39. The molecule has 4 heteroatoms. The van der Waals surface area contributed by atoms with Gasteiger partial charge < -0.3 is 4.42 Å². The van der Waals surface area contributed by atoms with E-state index in [0.717, 1.165) is 13.1 Å². The molecule has 1 aliphatic rings. The van der Waals surface area contributed by atoms with Crippen LogP contribution in [0.4, 0.5) is 0 Å². The van der Waals surface area contributed by atoms with Gasteiger partial charge in [0.15, 0.2) is 11.5 Å². The van der Waals surface area contributed by atoms with E-state index in [1.807, 2.05) is 6.92 Å².